The topological polar surface area (TPSA) is 83.3 Å². The number of carboxylic acids is 1. The van der Waals surface area contributed by atoms with Crippen LogP contribution in [0.2, 0.25) is 5.02 Å². The number of aryl methyl sites for hydroxylation is 1. The van der Waals surface area contributed by atoms with Crippen LogP contribution in [0.25, 0.3) is 33.4 Å². The fourth-order valence-electron chi connectivity index (χ4n) is 3.26. The number of halogens is 1. The van der Waals surface area contributed by atoms with E-state index in [1.807, 2.05) is 54.8 Å². The fraction of sp³-hybridized carbons (Fsp3) is 0.240. The van der Waals surface area contributed by atoms with Crippen LogP contribution < -0.4 is 0 Å². The second kappa shape index (κ2) is 9.77. The average Bonchev–Trinajstić information content (AvgIpc) is 3.22. The standard InChI is InChI=1S/C21H15ClN2O2S.C4H10O/c1-12-8-18-15(6-7-17(24-18)19-10-27-11-23-19)21(16(12)9-20(25)26)13-2-4-14(22)5-3-13;1-4(2,3)5/h2-8,10-11H,9H2,1H3,(H,25,26);5H,1-3H3. The van der Waals surface area contributed by atoms with Gasteiger partial charge in [-0.1, -0.05) is 23.7 Å². The van der Waals surface area contributed by atoms with E-state index in [9.17, 15) is 9.90 Å². The van der Waals surface area contributed by atoms with Crippen molar-refractivity contribution in [3.05, 3.63) is 69.5 Å². The van der Waals surface area contributed by atoms with Gasteiger partial charge in [0.15, 0.2) is 0 Å². The van der Waals surface area contributed by atoms with E-state index in [1.54, 1.807) is 26.3 Å². The van der Waals surface area contributed by atoms with Crippen molar-refractivity contribution in [2.45, 2.75) is 39.7 Å². The van der Waals surface area contributed by atoms with E-state index >= 15 is 0 Å². The molecule has 0 aliphatic rings. The molecule has 5 nitrogen and oxygen atoms in total. The van der Waals surface area contributed by atoms with Crippen molar-refractivity contribution >= 4 is 39.8 Å². The zero-order valence-corrected chi connectivity index (χ0v) is 20.0. The van der Waals surface area contributed by atoms with E-state index in [0.717, 1.165) is 44.5 Å². The molecule has 0 saturated heterocycles. The second-order valence-corrected chi connectivity index (χ2v) is 9.59. The Bertz CT molecular complexity index is 1230. The lowest BCUT2D eigenvalue weighted by Gasteiger charge is -2.16. The van der Waals surface area contributed by atoms with E-state index in [1.165, 1.54) is 11.3 Å². The SMILES string of the molecule is CC(C)(C)O.Cc1cc2nc(-c3cscn3)ccc2c(-c2ccc(Cl)cc2)c1CC(=O)O. The van der Waals surface area contributed by atoms with E-state index in [-0.39, 0.29) is 6.42 Å². The number of thiazole rings is 1. The maximum absolute atomic E-state index is 11.5. The quantitative estimate of drug-likeness (QED) is 0.362. The van der Waals surface area contributed by atoms with E-state index in [2.05, 4.69) is 4.98 Å². The van der Waals surface area contributed by atoms with Crippen molar-refractivity contribution in [1.29, 1.82) is 0 Å². The van der Waals surface area contributed by atoms with E-state index in [4.69, 9.17) is 21.7 Å². The first-order valence-corrected chi connectivity index (χ1v) is 11.4. The molecule has 32 heavy (non-hydrogen) atoms. The molecule has 166 valence electrons. The smallest absolute Gasteiger partial charge is 0.307 e. The first kappa shape index (κ1) is 23.9. The van der Waals surface area contributed by atoms with Crippen LogP contribution in [0.1, 0.15) is 31.9 Å². The number of nitrogens with zero attached hydrogens (tertiary/aromatic N) is 2. The lowest BCUT2D eigenvalue weighted by atomic mass is 9.90. The summed E-state index contributed by atoms with van der Waals surface area (Å²) in [5.74, 6) is -0.861. The minimum atomic E-state index is -0.861. The van der Waals surface area contributed by atoms with Gasteiger partial charge in [-0.25, -0.2) is 9.97 Å². The van der Waals surface area contributed by atoms with Crippen LogP contribution in [0.4, 0.5) is 0 Å². The number of carbonyl (C=O) groups is 1. The summed E-state index contributed by atoms with van der Waals surface area (Å²) in [6.07, 6.45) is -0.0480. The zero-order valence-electron chi connectivity index (χ0n) is 18.4. The van der Waals surface area contributed by atoms with Gasteiger partial charge in [0.2, 0.25) is 0 Å². The molecule has 0 fully saturated rings. The number of aliphatic carboxylic acids is 1. The van der Waals surface area contributed by atoms with Crippen molar-refractivity contribution in [2.24, 2.45) is 0 Å². The molecule has 7 heteroatoms. The molecule has 0 spiro atoms. The third-order valence-electron chi connectivity index (χ3n) is 4.48. The predicted molar refractivity (Wildman–Crippen MR) is 131 cm³/mol. The first-order chi connectivity index (χ1) is 15.0. The number of rotatable bonds is 4. The van der Waals surface area contributed by atoms with Gasteiger partial charge in [-0.2, -0.15) is 0 Å². The van der Waals surface area contributed by atoms with Crippen molar-refractivity contribution in [1.82, 2.24) is 9.97 Å². The molecular weight excluding hydrogens is 444 g/mol. The fourth-order valence-corrected chi connectivity index (χ4v) is 3.93. The van der Waals surface area contributed by atoms with Gasteiger partial charge in [0, 0.05) is 15.8 Å². The molecule has 0 unspecified atom stereocenters. The molecule has 0 radical (unpaired) electrons. The number of hydrogen-bond donors (Lipinski definition) is 2. The molecule has 0 bridgehead atoms. The molecule has 0 aliphatic carbocycles. The summed E-state index contributed by atoms with van der Waals surface area (Å²) in [6, 6.07) is 13.3. The molecule has 2 aromatic heterocycles. The summed E-state index contributed by atoms with van der Waals surface area (Å²) in [4.78, 5) is 20.6. The monoisotopic (exact) mass is 468 g/mol. The summed E-state index contributed by atoms with van der Waals surface area (Å²) in [6.45, 7) is 7.15. The van der Waals surface area contributed by atoms with E-state index < -0.39 is 11.6 Å². The highest BCUT2D eigenvalue weighted by atomic mass is 35.5. The van der Waals surface area contributed by atoms with Gasteiger partial charge in [0.1, 0.15) is 0 Å². The Morgan fingerprint density at radius 3 is 2.31 bits per heavy atom. The van der Waals surface area contributed by atoms with Crippen molar-refractivity contribution < 1.29 is 15.0 Å². The molecule has 4 aromatic rings. The van der Waals surface area contributed by atoms with Crippen molar-refractivity contribution in [3.63, 3.8) is 0 Å². The predicted octanol–water partition coefficient (Wildman–Crippen LogP) is 6.39. The number of aromatic nitrogens is 2. The normalized spacial score (nSPS) is 11.2. The first-order valence-electron chi connectivity index (χ1n) is 10.0. The molecular formula is C25H25ClN2O3S. The lowest BCUT2D eigenvalue weighted by Crippen LogP contribution is -2.10. The number of hydrogen-bond acceptors (Lipinski definition) is 5. The van der Waals surface area contributed by atoms with Crippen molar-refractivity contribution in [2.75, 3.05) is 0 Å². The molecule has 2 N–H and O–H groups in total. The summed E-state index contributed by atoms with van der Waals surface area (Å²) < 4.78 is 0. The summed E-state index contributed by atoms with van der Waals surface area (Å²) in [7, 11) is 0. The number of aliphatic hydroxyl groups is 1. The molecule has 0 atom stereocenters. The van der Waals surface area contributed by atoms with Crippen LogP contribution in [-0.2, 0) is 11.2 Å². The minimum absolute atomic E-state index is 0.0480. The Morgan fingerprint density at radius 2 is 1.75 bits per heavy atom. The van der Waals surface area contributed by atoms with Gasteiger partial charge in [0.05, 0.1) is 34.4 Å². The lowest BCUT2D eigenvalue weighted by molar-refractivity contribution is -0.136. The third kappa shape index (κ3) is 6.13. The van der Waals surface area contributed by atoms with Crippen LogP contribution in [0.15, 0.2) is 53.4 Å². The van der Waals surface area contributed by atoms with Gasteiger partial charge >= 0.3 is 5.97 Å². The van der Waals surface area contributed by atoms with Gasteiger partial charge in [-0.15, -0.1) is 11.3 Å². The highest BCUT2D eigenvalue weighted by molar-refractivity contribution is 7.07. The molecule has 4 rings (SSSR count). The zero-order chi connectivity index (χ0) is 23.5. The highest BCUT2D eigenvalue weighted by Crippen LogP contribution is 2.36. The van der Waals surface area contributed by atoms with Gasteiger partial charge in [0.25, 0.3) is 0 Å². The van der Waals surface area contributed by atoms with E-state index in [0.29, 0.717) is 5.02 Å². The van der Waals surface area contributed by atoms with Crippen LogP contribution in [0, 0.1) is 6.92 Å². The molecule has 0 saturated carbocycles. The number of benzene rings is 2. The van der Waals surface area contributed by atoms with Gasteiger partial charge < -0.3 is 10.2 Å². The number of pyridine rings is 1. The molecule has 2 heterocycles. The third-order valence-corrected chi connectivity index (χ3v) is 5.32. The molecule has 0 aliphatic heterocycles. The largest absolute Gasteiger partial charge is 0.481 e. The minimum Gasteiger partial charge on any atom is -0.481 e. The van der Waals surface area contributed by atoms with Crippen LogP contribution in [-0.4, -0.2) is 31.8 Å². The summed E-state index contributed by atoms with van der Waals surface area (Å²) in [5.41, 5.74) is 7.24. The van der Waals surface area contributed by atoms with Crippen LogP contribution >= 0.6 is 22.9 Å². The maximum Gasteiger partial charge on any atom is 0.307 e. The van der Waals surface area contributed by atoms with Gasteiger partial charge in [-0.05, 0) is 80.3 Å². The maximum atomic E-state index is 11.5. The van der Waals surface area contributed by atoms with Crippen LogP contribution in [0.3, 0.4) is 0 Å². The van der Waals surface area contributed by atoms with Gasteiger partial charge in [-0.3, -0.25) is 4.79 Å². The summed E-state index contributed by atoms with van der Waals surface area (Å²) in [5, 5.41) is 21.4. The average molecular weight is 469 g/mol. The molecule has 0 amide bonds. The Hall–Kier alpha value is -2.80. The molecule has 2 aromatic carbocycles. The Labute approximate surface area is 196 Å². The number of fused-ring (bicyclic) bond motifs is 1. The summed E-state index contributed by atoms with van der Waals surface area (Å²) >= 11 is 7.56. The highest BCUT2D eigenvalue weighted by Gasteiger charge is 2.17. The Kier molecular flexibility index (Phi) is 7.29. The Balaban J connectivity index is 0.000000523. The number of carboxylic acid groups (broad SMARTS) is 1. The Morgan fingerprint density at radius 1 is 1.09 bits per heavy atom. The van der Waals surface area contributed by atoms with Crippen molar-refractivity contribution in [3.8, 4) is 22.5 Å². The second-order valence-electron chi connectivity index (χ2n) is 8.43. The van der Waals surface area contributed by atoms with Crippen LogP contribution in [0.5, 0.6) is 0 Å².